The van der Waals surface area contributed by atoms with Crippen LogP contribution in [0.1, 0.15) is 36.8 Å². The highest BCUT2D eigenvalue weighted by molar-refractivity contribution is 6.31. The van der Waals surface area contributed by atoms with Gasteiger partial charge in [-0.15, -0.1) is 0 Å². The second-order valence-electron chi connectivity index (χ2n) is 8.31. The molecule has 1 aromatic rings. The smallest absolute Gasteiger partial charge is 0.325 e. The summed E-state index contributed by atoms with van der Waals surface area (Å²) < 4.78 is 38.4. The lowest BCUT2D eigenvalue weighted by atomic mass is 9.85. The van der Waals surface area contributed by atoms with Gasteiger partial charge < -0.3 is 19.9 Å². The first-order chi connectivity index (χ1) is 14.2. The van der Waals surface area contributed by atoms with Crippen molar-refractivity contribution in [3.63, 3.8) is 0 Å². The second-order valence-corrected chi connectivity index (χ2v) is 8.72. The minimum Gasteiger partial charge on any atom is -0.325 e. The second kappa shape index (κ2) is 9.14. The Morgan fingerprint density at radius 3 is 2.47 bits per heavy atom. The van der Waals surface area contributed by atoms with E-state index < -0.39 is 11.7 Å². The largest absolute Gasteiger partial charge is 0.416 e. The Morgan fingerprint density at radius 2 is 1.93 bits per heavy atom. The summed E-state index contributed by atoms with van der Waals surface area (Å²) in [6, 6.07) is 3.53. The lowest BCUT2D eigenvalue weighted by Crippen LogP contribution is -2.71. The molecule has 2 aliphatic heterocycles. The van der Waals surface area contributed by atoms with Gasteiger partial charge in [-0.2, -0.15) is 13.2 Å². The molecule has 2 aliphatic rings. The quantitative estimate of drug-likeness (QED) is 0.674. The molecule has 0 radical (unpaired) electrons. The molecule has 0 bridgehead atoms. The van der Waals surface area contributed by atoms with Crippen molar-refractivity contribution in [3.05, 3.63) is 34.3 Å². The molecule has 0 aliphatic carbocycles. The van der Waals surface area contributed by atoms with Gasteiger partial charge in [-0.3, -0.25) is 0 Å². The number of likely N-dealkylation sites (N-methyl/N-ethyl adjacent to an activating group) is 1. The molecular weight excluding hydrogens is 419 g/mol. The van der Waals surface area contributed by atoms with Gasteiger partial charge in [-0.05, 0) is 56.3 Å². The van der Waals surface area contributed by atoms with E-state index in [0.717, 1.165) is 31.3 Å². The molecule has 2 amide bonds. The predicted octanol–water partition coefficient (Wildman–Crippen LogP) is 3.99. The van der Waals surface area contributed by atoms with Crippen LogP contribution < -0.4 is 5.32 Å². The Labute approximate surface area is 179 Å². The van der Waals surface area contributed by atoms with Crippen molar-refractivity contribution in [3.8, 4) is 0 Å². The Balaban J connectivity index is 1.48. The van der Waals surface area contributed by atoms with Crippen LogP contribution in [0, 0.1) is 5.92 Å². The van der Waals surface area contributed by atoms with E-state index in [2.05, 4.69) is 5.32 Å². The van der Waals surface area contributed by atoms with Crippen molar-refractivity contribution in [2.45, 2.75) is 43.8 Å². The molecule has 5 nitrogen and oxygen atoms in total. The summed E-state index contributed by atoms with van der Waals surface area (Å²) in [5.74, 6) is 0.281. The van der Waals surface area contributed by atoms with Crippen molar-refractivity contribution in [2.24, 2.45) is 5.92 Å². The van der Waals surface area contributed by atoms with Crippen LogP contribution in [0.15, 0.2) is 18.2 Å². The zero-order valence-electron chi connectivity index (χ0n) is 17.0. The molecule has 30 heavy (non-hydrogen) atoms. The summed E-state index contributed by atoms with van der Waals surface area (Å²) in [5.41, 5.74) is -0.197. The summed E-state index contributed by atoms with van der Waals surface area (Å²) in [5, 5.41) is 3.38. The minimum absolute atomic E-state index is 0.0120. The van der Waals surface area contributed by atoms with Crippen molar-refractivity contribution in [1.29, 1.82) is 0 Å². The standard InChI is InChI=1S/C21H27ClF3N3O2/c1-26-20(7-2-10-29)13-28(14-20)19(30)27-8-5-15(6-9-27)11-16-3-4-17(12-18(16)22)21(23,24)25/h3-4,10,12,15,26H,2,5-9,11,13-14H2,1H3. The molecule has 0 atom stereocenters. The van der Waals surface area contributed by atoms with Gasteiger partial charge in [0.15, 0.2) is 0 Å². The normalized spacial score (nSPS) is 19.5. The third-order valence-corrected chi connectivity index (χ3v) is 6.65. The predicted molar refractivity (Wildman–Crippen MR) is 109 cm³/mol. The van der Waals surface area contributed by atoms with E-state index in [1.165, 1.54) is 6.07 Å². The van der Waals surface area contributed by atoms with Gasteiger partial charge in [0.25, 0.3) is 0 Å². The van der Waals surface area contributed by atoms with E-state index in [1.54, 1.807) is 4.90 Å². The van der Waals surface area contributed by atoms with Crippen LogP contribution in [-0.4, -0.2) is 60.9 Å². The first-order valence-corrected chi connectivity index (χ1v) is 10.6. The molecule has 0 saturated carbocycles. The number of piperidine rings is 1. The zero-order chi connectivity index (χ0) is 21.9. The van der Waals surface area contributed by atoms with Crippen molar-refractivity contribution in [1.82, 2.24) is 15.1 Å². The Hall–Kier alpha value is -1.80. The maximum atomic E-state index is 12.8. The fourth-order valence-electron chi connectivity index (χ4n) is 4.32. The number of carbonyl (C=O) groups is 2. The number of nitrogens with one attached hydrogen (secondary N) is 1. The fraction of sp³-hybridized carbons (Fsp3) is 0.619. The maximum Gasteiger partial charge on any atom is 0.416 e. The van der Waals surface area contributed by atoms with Gasteiger partial charge in [-0.25, -0.2) is 4.79 Å². The molecule has 0 unspecified atom stereocenters. The lowest BCUT2D eigenvalue weighted by molar-refractivity contribution is -0.137. The van der Waals surface area contributed by atoms with E-state index in [4.69, 9.17) is 11.6 Å². The Kier molecular flexibility index (Phi) is 6.97. The molecular formula is C21H27ClF3N3O2. The van der Waals surface area contributed by atoms with Crippen LogP contribution in [0.4, 0.5) is 18.0 Å². The summed E-state index contributed by atoms with van der Waals surface area (Å²) >= 11 is 6.08. The lowest BCUT2D eigenvalue weighted by Gasteiger charge is -2.51. The number of amides is 2. The average molecular weight is 446 g/mol. The van der Waals surface area contributed by atoms with Crippen molar-refractivity contribution in [2.75, 3.05) is 33.2 Å². The van der Waals surface area contributed by atoms with Crippen LogP contribution in [-0.2, 0) is 17.4 Å². The molecule has 0 aromatic heterocycles. The van der Waals surface area contributed by atoms with Crippen LogP contribution in [0.2, 0.25) is 5.02 Å². The number of likely N-dealkylation sites (tertiary alicyclic amines) is 2. The van der Waals surface area contributed by atoms with Crippen LogP contribution in [0.3, 0.4) is 0 Å². The molecule has 2 heterocycles. The van der Waals surface area contributed by atoms with Gasteiger partial charge in [0.05, 0.1) is 11.1 Å². The molecule has 166 valence electrons. The zero-order valence-corrected chi connectivity index (χ0v) is 17.7. The summed E-state index contributed by atoms with van der Waals surface area (Å²) in [4.78, 5) is 27.0. The van der Waals surface area contributed by atoms with Crippen LogP contribution in [0.5, 0.6) is 0 Å². The number of carbonyl (C=O) groups excluding carboxylic acids is 2. The number of benzene rings is 1. The first-order valence-electron chi connectivity index (χ1n) is 10.2. The van der Waals surface area contributed by atoms with Gasteiger partial charge in [-0.1, -0.05) is 17.7 Å². The first kappa shape index (κ1) is 22.9. The number of halogens is 4. The van der Waals surface area contributed by atoms with Gasteiger partial charge in [0, 0.05) is 37.6 Å². The molecule has 1 aromatic carbocycles. The highest BCUT2D eigenvalue weighted by atomic mass is 35.5. The SMILES string of the molecule is CNC1(CCC=O)CN(C(=O)N2CCC(Cc3ccc(C(F)(F)F)cc3Cl)CC2)C1. The molecule has 2 saturated heterocycles. The number of hydrogen-bond acceptors (Lipinski definition) is 3. The van der Waals surface area contributed by atoms with Gasteiger partial charge >= 0.3 is 12.2 Å². The third-order valence-electron chi connectivity index (χ3n) is 6.30. The fourth-order valence-corrected chi connectivity index (χ4v) is 4.58. The number of rotatable bonds is 6. The number of aldehydes is 1. The van der Waals surface area contributed by atoms with Crippen molar-refractivity contribution >= 4 is 23.9 Å². The summed E-state index contributed by atoms with van der Waals surface area (Å²) in [6.07, 6.45) is -0.122. The number of urea groups is 1. The number of hydrogen-bond donors (Lipinski definition) is 1. The molecule has 0 spiro atoms. The highest BCUT2D eigenvalue weighted by Gasteiger charge is 2.45. The molecule has 3 rings (SSSR count). The summed E-state index contributed by atoms with van der Waals surface area (Å²) in [7, 11) is 1.85. The van der Waals surface area contributed by atoms with E-state index in [-0.39, 0.29) is 22.5 Å². The Bertz CT molecular complexity index is 773. The minimum atomic E-state index is -4.40. The van der Waals surface area contributed by atoms with Crippen molar-refractivity contribution < 1.29 is 22.8 Å². The van der Waals surface area contributed by atoms with Crippen LogP contribution >= 0.6 is 11.6 Å². The molecule has 1 N–H and O–H groups in total. The summed E-state index contributed by atoms with van der Waals surface area (Å²) in [6.45, 7) is 2.44. The monoisotopic (exact) mass is 445 g/mol. The van der Waals surface area contributed by atoms with E-state index >= 15 is 0 Å². The molecule has 9 heteroatoms. The van der Waals surface area contributed by atoms with E-state index in [0.29, 0.717) is 51.0 Å². The third kappa shape index (κ3) is 5.09. The maximum absolute atomic E-state index is 12.8. The number of nitrogens with zero attached hydrogens (tertiary/aromatic N) is 2. The highest BCUT2D eigenvalue weighted by Crippen LogP contribution is 2.34. The molecule has 2 fully saturated rings. The van der Waals surface area contributed by atoms with E-state index in [9.17, 15) is 22.8 Å². The van der Waals surface area contributed by atoms with Gasteiger partial charge in [0.2, 0.25) is 0 Å². The van der Waals surface area contributed by atoms with E-state index in [1.807, 2.05) is 11.9 Å². The number of alkyl halides is 3. The average Bonchev–Trinajstić information content (AvgIpc) is 2.68. The van der Waals surface area contributed by atoms with Gasteiger partial charge in [0.1, 0.15) is 6.29 Å². The topological polar surface area (TPSA) is 52.7 Å². The van der Waals surface area contributed by atoms with Crippen LogP contribution in [0.25, 0.3) is 0 Å². The Morgan fingerprint density at radius 1 is 1.27 bits per heavy atom.